The molecule has 0 aliphatic carbocycles. The van der Waals surface area contributed by atoms with Crippen LogP contribution in [0.3, 0.4) is 0 Å². The Kier molecular flexibility index (Phi) is 9.42. The van der Waals surface area contributed by atoms with Crippen molar-refractivity contribution in [1.82, 2.24) is 4.98 Å². The van der Waals surface area contributed by atoms with Crippen molar-refractivity contribution in [3.05, 3.63) is 267 Å². The summed E-state index contributed by atoms with van der Waals surface area (Å²) in [4.78, 5) is 3.78. The van der Waals surface area contributed by atoms with E-state index in [1.54, 1.807) is 0 Å². The molecule has 1 N–H and O–H groups in total. The summed E-state index contributed by atoms with van der Waals surface area (Å²) in [6.45, 7) is 0. The molecular formula is C76H45NO2. The molecule has 0 bridgehead atoms. The second kappa shape index (κ2) is 17.0. The minimum absolute atomic E-state index is 0.863. The average Bonchev–Trinajstić information content (AvgIpc) is 4.35. The molecule has 3 heteroatoms. The van der Waals surface area contributed by atoms with Gasteiger partial charge in [-0.3, -0.25) is 0 Å². The fourth-order valence-electron chi connectivity index (χ4n) is 12.6. The highest BCUT2D eigenvalue weighted by molar-refractivity contribution is 6.17. The molecule has 0 saturated heterocycles. The van der Waals surface area contributed by atoms with E-state index in [2.05, 4.69) is 272 Å². The summed E-state index contributed by atoms with van der Waals surface area (Å²) in [5, 5.41) is 16.4. The first-order chi connectivity index (χ1) is 39.0. The molecule has 0 saturated carbocycles. The van der Waals surface area contributed by atoms with Gasteiger partial charge in [0, 0.05) is 54.5 Å². The summed E-state index contributed by atoms with van der Waals surface area (Å²) < 4.78 is 14.0. The Morgan fingerprint density at radius 2 is 0.494 bits per heavy atom. The first-order valence-electron chi connectivity index (χ1n) is 27.1. The maximum atomic E-state index is 6.99. The molecule has 0 aliphatic heterocycles. The van der Waals surface area contributed by atoms with Crippen LogP contribution in [0.2, 0.25) is 0 Å². The number of fused-ring (bicyclic) bond motifs is 13. The predicted molar refractivity (Wildman–Crippen MR) is 333 cm³/mol. The highest BCUT2D eigenvalue weighted by atomic mass is 16.3. The highest BCUT2D eigenvalue weighted by Crippen LogP contribution is 2.45. The first kappa shape index (κ1) is 43.7. The number of nitrogens with one attached hydrogen (secondary N) is 1. The summed E-state index contributed by atoms with van der Waals surface area (Å²) in [5.74, 6) is 0. The number of H-pyrrole nitrogens is 1. The summed E-state index contributed by atoms with van der Waals surface area (Å²) in [6.07, 6.45) is 0. The summed E-state index contributed by atoms with van der Waals surface area (Å²) in [5.41, 5.74) is 19.1. The number of hydrogen-bond acceptors (Lipinski definition) is 2. The zero-order chi connectivity index (χ0) is 51.7. The largest absolute Gasteiger partial charge is 0.455 e. The Hall–Kier alpha value is -10.5. The van der Waals surface area contributed by atoms with Gasteiger partial charge in [-0.25, -0.2) is 0 Å². The van der Waals surface area contributed by atoms with Gasteiger partial charge in [0.05, 0.1) is 0 Å². The number of rotatable bonds is 6. The van der Waals surface area contributed by atoms with Crippen LogP contribution in [0.4, 0.5) is 0 Å². The van der Waals surface area contributed by atoms with Crippen LogP contribution >= 0.6 is 0 Å². The van der Waals surface area contributed by atoms with Gasteiger partial charge in [-0.1, -0.05) is 170 Å². The molecule has 0 spiro atoms. The maximum Gasteiger partial charge on any atom is 0.143 e. The molecule has 0 fully saturated rings. The van der Waals surface area contributed by atoms with Crippen molar-refractivity contribution in [2.24, 2.45) is 0 Å². The van der Waals surface area contributed by atoms with Gasteiger partial charge in [0.2, 0.25) is 0 Å². The van der Waals surface area contributed by atoms with Crippen LogP contribution < -0.4 is 0 Å². The highest BCUT2D eigenvalue weighted by Gasteiger charge is 2.21. The number of hydrogen-bond donors (Lipinski definition) is 1. The third-order valence-electron chi connectivity index (χ3n) is 16.7. The van der Waals surface area contributed by atoms with Gasteiger partial charge in [-0.2, -0.15) is 0 Å². The topological polar surface area (TPSA) is 42.1 Å². The van der Waals surface area contributed by atoms with E-state index in [1.165, 1.54) is 54.2 Å². The molecule has 3 nitrogen and oxygen atoms in total. The van der Waals surface area contributed by atoms with Gasteiger partial charge in [-0.05, 0) is 196 Å². The second-order valence-corrected chi connectivity index (χ2v) is 21.3. The quantitative estimate of drug-likeness (QED) is 0.180. The van der Waals surface area contributed by atoms with Crippen molar-refractivity contribution in [3.8, 4) is 66.8 Å². The Labute approximate surface area is 453 Å². The lowest BCUT2D eigenvalue weighted by Crippen LogP contribution is -1.85. The van der Waals surface area contributed by atoms with Gasteiger partial charge in [0.1, 0.15) is 22.3 Å². The number of benzene rings is 14. The van der Waals surface area contributed by atoms with Gasteiger partial charge < -0.3 is 13.8 Å². The fraction of sp³-hybridized carbons (Fsp3) is 0. The maximum absolute atomic E-state index is 6.99. The Morgan fingerprint density at radius 1 is 0.203 bits per heavy atom. The molecule has 17 aromatic rings. The average molecular weight is 1000 g/mol. The van der Waals surface area contributed by atoms with E-state index < -0.39 is 0 Å². The normalized spacial score (nSPS) is 12.1. The van der Waals surface area contributed by atoms with Crippen LogP contribution in [-0.2, 0) is 0 Å². The Bertz CT molecular complexity index is 5060. The van der Waals surface area contributed by atoms with Gasteiger partial charge in [0.15, 0.2) is 0 Å². The van der Waals surface area contributed by atoms with E-state index in [0.29, 0.717) is 0 Å². The lowest BCUT2D eigenvalue weighted by atomic mass is 9.92. The van der Waals surface area contributed by atoms with E-state index in [-0.39, 0.29) is 0 Å². The van der Waals surface area contributed by atoms with E-state index in [1.807, 2.05) is 0 Å². The number of aromatic nitrogens is 1. The van der Waals surface area contributed by atoms with E-state index in [0.717, 1.165) is 121 Å². The Balaban J connectivity index is 0.847. The van der Waals surface area contributed by atoms with Crippen LogP contribution in [-0.4, -0.2) is 4.98 Å². The molecule has 3 heterocycles. The van der Waals surface area contributed by atoms with Gasteiger partial charge in [0.25, 0.3) is 0 Å². The molecule has 0 radical (unpaired) electrons. The Morgan fingerprint density at radius 3 is 0.873 bits per heavy atom. The molecule has 3 aromatic heterocycles. The van der Waals surface area contributed by atoms with Crippen LogP contribution in [0.1, 0.15) is 0 Å². The summed E-state index contributed by atoms with van der Waals surface area (Å²) in [7, 11) is 0. The molecule has 0 atom stereocenters. The minimum atomic E-state index is 0.863. The summed E-state index contributed by atoms with van der Waals surface area (Å²) >= 11 is 0. The van der Waals surface area contributed by atoms with Crippen LogP contribution in [0, 0.1) is 0 Å². The van der Waals surface area contributed by atoms with Crippen LogP contribution in [0.25, 0.3) is 176 Å². The zero-order valence-electron chi connectivity index (χ0n) is 42.7. The van der Waals surface area contributed by atoms with Gasteiger partial charge in [-0.15, -0.1) is 0 Å². The van der Waals surface area contributed by atoms with E-state index in [4.69, 9.17) is 8.83 Å². The monoisotopic (exact) mass is 1000 g/mol. The second-order valence-electron chi connectivity index (χ2n) is 21.3. The van der Waals surface area contributed by atoms with Crippen molar-refractivity contribution in [1.29, 1.82) is 0 Å². The van der Waals surface area contributed by atoms with E-state index >= 15 is 0 Å². The molecular weight excluding hydrogens is 959 g/mol. The van der Waals surface area contributed by atoms with Crippen molar-refractivity contribution in [2.45, 2.75) is 0 Å². The molecule has 79 heavy (non-hydrogen) atoms. The number of furan rings is 2. The number of aromatic amines is 1. The minimum Gasteiger partial charge on any atom is -0.455 e. The molecule has 0 unspecified atom stereocenters. The third-order valence-corrected chi connectivity index (χ3v) is 16.7. The molecule has 366 valence electrons. The lowest BCUT2D eigenvalue weighted by Gasteiger charge is -2.10. The molecule has 14 aromatic carbocycles. The SMILES string of the molecule is c1ccc2cc(-c3ccc4oc5c(-c6ccc7[nH]c8ccc(-c9cc(-c%10ccc%11ccccc%11c%10)cc%10c9oc9ccc(-c%11ccc%12ccccc%12c%11)cc9%10)cc8c7c6)cc(-c6ccc7ccccc7c6)cc5c4c3)ccc2c1. The lowest BCUT2D eigenvalue weighted by molar-refractivity contribution is 0.669. The van der Waals surface area contributed by atoms with Gasteiger partial charge >= 0.3 is 0 Å². The molecule has 0 aliphatic rings. The molecule has 17 rings (SSSR count). The first-order valence-corrected chi connectivity index (χ1v) is 27.1. The van der Waals surface area contributed by atoms with Crippen LogP contribution in [0.5, 0.6) is 0 Å². The van der Waals surface area contributed by atoms with Crippen molar-refractivity contribution >= 4 is 109 Å². The van der Waals surface area contributed by atoms with Crippen molar-refractivity contribution in [3.63, 3.8) is 0 Å². The summed E-state index contributed by atoms with van der Waals surface area (Å²) in [6, 6.07) is 97.5. The smallest absolute Gasteiger partial charge is 0.143 e. The van der Waals surface area contributed by atoms with Crippen LogP contribution in [0.15, 0.2) is 276 Å². The third kappa shape index (κ3) is 7.14. The molecule has 0 amide bonds. The van der Waals surface area contributed by atoms with Crippen molar-refractivity contribution < 1.29 is 8.83 Å². The zero-order valence-corrected chi connectivity index (χ0v) is 42.7. The fourth-order valence-corrected chi connectivity index (χ4v) is 12.6. The predicted octanol–water partition coefficient (Wildman–Crippen LogP) is 21.7. The van der Waals surface area contributed by atoms with E-state index in [9.17, 15) is 0 Å². The van der Waals surface area contributed by atoms with Crippen molar-refractivity contribution in [2.75, 3.05) is 0 Å². The standard InChI is InChI=1S/C76H45NO2/c1-5-13-49-33-53(21-17-45(49)9-1)57-27-31-73-67(37-57)69-43-61(55-23-19-47-11-3-7-15-51(47)35-55)41-63(75(69)78-73)59-25-29-71-65(39-59)66-40-60(26-30-72(66)77-71)64-42-62(56-24-20-48-12-4-8-16-52(48)36-56)44-70-68-38-58(28-32-74(68)79-76(64)70)54-22-18-46-10-2-6-14-50(46)34-54/h1-44,77H.